The summed E-state index contributed by atoms with van der Waals surface area (Å²) < 4.78 is 0. The molecule has 0 amide bonds. The van der Waals surface area contributed by atoms with Gasteiger partial charge in [-0.05, 0) is 105 Å². The molecular weight excluding hydrogens is 504 g/mol. The van der Waals surface area contributed by atoms with Crippen LogP contribution in [-0.4, -0.2) is 0 Å². The molecule has 0 aliphatic heterocycles. The third-order valence-electron chi connectivity index (χ3n) is 9.02. The monoisotopic (exact) mass is 530 g/mol. The molecule has 194 valence electrons. The average molecular weight is 531 g/mol. The van der Waals surface area contributed by atoms with E-state index < -0.39 is 0 Å². The maximum absolute atomic E-state index is 2.38. The minimum absolute atomic E-state index is 1.27. The second kappa shape index (κ2) is 9.03. The predicted octanol–water partition coefficient (Wildman–Crippen LogP) is 11.9. The van der Waals surface area contributed by atoms with Gasteiger partial charge in [-0.1, -0.05) is 140 Å². The van der Waals surface area contributed by atoms with Gasteiger partial charge in [-0.25, -0.2) is 0 Å². The summed E-state index contributed by atoms with van der Waals surface area (Å²) in [5.41, 5.74) is 5.09. The molecule has 0 aliphatic carbocycles. The van der Waals surface area contributed by atoms with Crippen molar-refractivity contribution in [3.63, 3.8) is 0 Å². The third-order valence-corrected chi connectivity index (χ3v) is 9.02. The first kappa shape index (κ1) is 23.3. The second-order valence-corrected chi connectivity index (χ2v) is 11.3. The molecule has 9 rings (SSSR count). The summed E-state index contributed by atoms with van der Waals surface area (Å²) in [6, 6.07) is 58.1. The summed E-state index contributed by atoms with van der Waals surface area (Å²) in [5, 5.41) is 15.4. The molecule has 0 nitrogen and oxygen atoms in total. The number of hydrogen-bond acceptors (Lipinski definition) is 0. The molecule has 9 aromatic carbocycles. The smallest absolute Gasteiger partial charge is 0.00928 e. The summed E-state index contributed by atoms with van der Waals surface area (Å²) >= 11 is 0. The molecule has 0 radical (unpaired) electrons. The Morgan fingerprint density at radius 1 is 0.190 bits per heavy atom. The maximum atomic E-state index is 2.38. The van der Waals surface area contributed by atoms with Crippen molar-refractivity contribution in [1.29, 1.82) is 0 Å². The van der Waals surface area contributed by atoms with Crippen LogP contribution in [0, 0.1) is 0 Å². The fraction of sp³-hybridized carbons (Fsp3) is 0. The van der Waals surface area contributed by atoms with Crippen molar-refractivity contribution >= 4 is 64.6 Å². The maximum Gasteiger partial charge on any atom is -0.00928 e. The van der Waals surface area contributed by atoms with Crippen LogP contribution in [0.5, 0.6) is 0 Å². The van der Waals surface area contributed by atoms with Gasteiger partial charge in [-0.3, -0.25) is 0 Å². The average Bonchev–Trinajstić information content (AvgIpc) is 3.06. The second-order valence-electron chi connectivity index (χ2n) is 11.3. The van der Waals surface area contributed by atoms with Crippen LogP contribution in [0.2, 0.25) is 0 Å². The van der Waals surface area contributed by atoms with E-state index in [4.69, 9.17) is 0 Å². The first-order valence-electron chi connectivity index (χ1n) is 14.6. The van der Waals surface area contributed by atoms with Gasteiger partial charge in [0.15, 0.2) is 0 Å². The van der Waals surface area contributed by atoms with Gasteiger partial charge in [0.25, 0.3) is 0 Å². The normalized spacial score (nSPS) is 11.8. The number of benzene rings is 9. The van der Waals surface area contributed by atoms with Gasteiger partial charge in [0.1, 0.15) is 0 Å². The Morgan fingerprint density at radius 2 is 0.619 bits per heavy atom. The van der Waals surface area contributed by atoms with Gasteiger partial charge < -0.3 is 0 Å². The van der Waals surface area contributed by atoms with E-state index in [1.54, 1.807) is 0 Å². The van der Waals surface area contributed by atoms with Crippen LogP contribution in [-0.2, 0) is 0 Å². The molecule has 0 aliphatic rings. The molecule has 0 atom stereocenters. The Labute approximate surface area is 244 Å². The summed E-state index contributed by atoms with van der Waals surface area (Å²) in [7, 11) is 0. The minimum Gasteiger partial charge on any atom is -0.0616 e. The van der Waals surface area contributed by atoms with E-state index >= 15 is 0 Å². The minimum atomic E-state index is 1.27. The Balaban J connectivity index is 1.32. The Hall–Kier alpha value is -5.46. The van der Waals surface area contributed by atoms with Crippen molar-refractivity contribution in [2.24, 2.45) is 0 Å². The summed E-state index contributed by atoms with van der Waals surface area (Å²) in [6.07, 6.45) is 0. The Bertz CT molecular complexity index is 2510. The lowest BCUT2D eigenvalue weighted by atomic mass is 9.87. The van der Waals surface area contributed by atoms with Gasteiger partial charge in [0, 0.05) is 0 Å². The van der Waals surface area contributed by atoms with Crippen LogP contribution in [0.15, 0.2) is 158 Å². The largest absolute Gasteiger partial charge is 0.0616 e. The van der Waals surface area contributed by atoms with Gasteiger partial charge in [0.2, 0.25) is 0 Å². The highest BCUT2D eigenvalue weighted by molar-refractivity contribution is 6.19. The number of fused-ring (bicyclic) bond motifs is 8. The zero-order valence-electron chi connectivity index (χ0n) is 23.0. The van der Waals surface area contributed by atoms with Crippen molar-refractivity contribution in [1.82, 2.24) is 0 Å². The van der Waals surface area contributed by atoms with Crippen LogP contribution < -0.4 is 0 Å². The molecule has 0 heteroatoms. The fourth-order valence-electron chi connectivity index (χ4n) is 7.06. The number of hydrogen-bond donors (Lipinski definition) is 0. The van der Waals surface area contributed by atoms with Gasteiger partial charge in [-0.15, -0.1) is 0 Å². The molecule has 0 heterocycles. The van der Waals surface area contributed by atoms with Gasteiger partial charge in [0.05, 0.1) is 0 Å². The molecule has 0 spiro atoms. The quantitative estimate of drug-likeness (QED) is 0.154. The number of rotatable bonds is 2. The van der Waals surface area contributed by atoms with E-state index in [2.05, 4.69) is 158 Å². The van der Waals surface area contributed by atoms with Crippen LogP contribution in [0.1, 0.15) is 0 Å². The van der Waals surface area contributed by atoms with Gasteiger partial charge in [-0.2, -0.15) is 0 Å². The summed E-state index contributed by atoms with van der Waals surface area (Å²) in [4.78, 5) is 0. The van der Waals surface area contributed by atoms with E-state index in [1.165, 1.54) is 86.9 Å². The predicted molar refractivity (Wildman–Crippen MR) is 182 cm³/mol. The van der Waals surface area contributed by atoms with E-state index in [1.807, 2.05) is 0 Å². The molecular formula is C42H26. The van der Waals surface area contributed by atoms with Crippen molar-refractivity contribution in [3.05, 3.63) is 158 Å². The summed E-state index contributed by atoms with van der Waals surface area (Å²) in [5.74, 6) is 0. The highest BCUT2D eigenvalue weighted by Gasteiger charge is 2.15. The highest BCUT2D eigenvalue weighted by Crippen LogP contribution is 2.42. The van der Waals surface area contributed by atoms with E-state index in [0.717, 1.165) is 0 Å². The molecule has 0 N–H and O–H groups in total. The van der Waals surface area contributed by atoms with Crippen LogP contribution in [0.3, 0.4) is 0 Å². The molecule has 0 saturated heterocycles. The first-order chi connectivity index (χ1) is 20.8. The highest BCUT2D eigenvalue weighted by atomic mass is 14.2. The van der Waals surface area contributed by atoms with Crippen LogP contribution in [0.25, 0.3) is 86.9 Å². The van der Waals surface area contributed by atoms with E-state index in [9.17, 15) is 0 Å². The Morgan fingerprint density at radius 3 is 1.36 bits per heavy atom. The third kappa shape index (κ3) is 3.42. The molecule has 0 bridgehead atoms. The first-order valence-corrected chi connectivity index (χ1v) is 14.6. The molecule has 0 fully saturated rings. The van der Waals surface area contributed by atoms with Crippen LogP contribution in [0.4, 0.5) is 0 Å². The molecule has 9 aromatic rings. The molecule has 0 aromatic heterocycles. The molecule has 0 saturated carbocycles. The molecule has 0 unspecified atom stereocenters. The van der Waals surface area contributed by atoms with E-state index in [0.29, 0.717) is 0 Å². The SMILES string of the molecule is c1cc(-c2ccc(-c3cc4ccccc4c4ccccc34)c3ccccc23)c2cc3ccc4ccccc4c3cc2c1. The zero-order chi connectivity index (χ0) is 27.6. The lowest BCUT2D eigenvalue weighted by Crippen LogP contribution is -1.89. The lowest BCUT2D eigenvalue weighted by Gasteiger charge is -2.17. The van der Waals surface area contributed by atoms with Crippen molar-refractivity contribution < 1.29 is 0 Å². The van der Waals surface area contributed by atoms with Crippen molar-refractivity contribution in [2.75, 3.05) is 0 Å². The van der Waals surface area contributed by atoms with Crippen molar-refractivity contribution in [3.8, 4) is 22.3 Å². The Kier molecular flexibility index (Phi) is 5.00. The van der Waals surface area contributed by atoms with Gasteiger partial charge >= 0.3 is 0 Å². The summed E-state index contributed by atoms with van der Waals surface area (Å²) in [6.45, 7) is 0. The lowest BCUT2D eigenvalue weighted by molar-refractivity contribution is 1.67. The topological polar surface area (TPSA) is 0 Å². The van der Waals surface area contributed by atoms with Crippen LogP contribution >= 0.6 is 0 Å². The zero-order valence-corrected chi connectivity index (χ0v) is 23.0. The fourth-order valence-corrected chi connectivity index (χ4v) is 7.06. The van der Waals surface area contributed by atoms with E-state index in [-0.39, 0.29) is 0 Å². The molecule has 42 heavy (non-hydrogen) atoms. The van der Waals surface area contributed by atoms with Crippen molar-refractivity contribution in [2.45, 2.75) is 0 Å². The standard InChI is InChI=1S/C42H26/c1-3-13-31-27(10-1)20-21-30-25-41-29(24-40(30)31)12-9-19-36(41)38-22-23-39(35-17-7-6-16-34(35)38)42-26-28-11-2-4-14-32(28)33-15-5-8-18-37(33)42/h1-26H.